The van der Waals surface area contributed by atoms with Crippen LogP contribution >= 0.6 is 0 Å². The fourth-order valence-electron chi connectivity index (χ4n) is 2.78. The zero-order chi connectivity index (χ0) is 20.0. The van der Waals surface area contributed by atoms with Crippen LogP contribution in [0.25, 0.3) is 0 Å². The van der Waals surface area contributed by atoms with E-state index in [9.17, 15) is 13.2 Å². The van der Waals surface area contributed by atoms with Gasteiger partial charge in [-0.25, -0.2) is 8.42 Å². The predicted molar refractivity (Wildman–Crippen MR) is 109 cm³/mol. The number of nitrogens with zero attached hydrogens (tertiary/aromatic N) is 1. The average molecular weight is 391 g/mol. The zero-order valence-electron chi connectivity index (χ0n) is 16.0. The Morgan fingerprint density at radius 2 is 1.78 bits per heavy atom. The molecule has 1 N–H and O–H groups in total. The molecule has 0 aliphatic carbocycles. The molecule has 0 heterocycles. The summed E-state index contributed by atoms with van der Waals surface area (Å²) in [5.74, 6) is 0.243. The van der Waals surface area contributed by atoms with Crippen molar-refractivity contribution < 1.29 is 17.9 Å². The maximum absolute atomic E-state index is 12.9. The molecule has 27 heavy (non-hydrogen) atoms. The molecule has 6 nitrogen and oxygen atoms in total. The van der Waals surface area contributed by atoms with Gasteiger partial charge in [-0.05, 0) is 44.5 Å². The van der Waals surface area contributed by atoms with E-state index in [1.807, 2.05) is 13.8 Å². The lowest BCUT2D eigenvalue weighted by atomic mass is 10.1. The summed E-state index contributed by atoms with van der Waals surface area (Å²) < 4.78 is 31.6. The highest BCUT2D eigenvalue weighted by Gasteiger charge is 2.31. The first kappa shape index (κ1) is 20.8. The highest BCUT2D eigenvalue weighted by atomic mass is 32.2. The van der Waals surface area contributed by atoms with Gasteiger partial charge in [0.25, 0.3) is 0 Å². The van der Waals surface area contributed by atoms with Gasteiger partial charge in [0.05, 0.1) is 18.0 Å². The van der Waals surface area contributed by atoms with Gasteiger partial charge in [0.1, 0.15) is 11.8 Å². The minimum atomic E-state index is -3.64. The van der Waals surface area contributed by atoms with Gasteiger partial charge in [-0.2, -0.15) is 0 Å². The van der Waals surface area contributed by atoms with E-state index in [2.05, 4.69) is 5.32 Å². The molecule has 0 radical (unpaired) electrons. The third-order valence-corrected chi connectivity index (χ3v) is 4.99. The maximum Gasteiger partial charge on any atom is 0.248 e. The summed E-state index contributed by atoms with van der Waals surface area (Å²) >= 11 is 0. The van der Waals surface area contributed by atoms with Crippen molar-refractivity contribution in [2.24, 2.45) is 0 Å². The zero-order valence-corrected chi connectivity index (χ0v) is 16.9. The van der Waals surface area contributed by atoms with E-state index in [1.165, 1.54) is 0 Å². The monoisotopic (exact) mass is 390 g/mol. The molecule has 1 amide bonds. The van der Waals surface area contributed by atoms with Crippen LogP contribution in [0.1, 0.15) is 27.2 Å². The molecule has 2 aromatic rings. The molecule has 0 bridgehead atoms. The standard InChI is InChI=1S/C20H26N2O4S/c1-5-19(22(27(4,24)25)17-11-7-6-8-12-17)20(23)21-16-10-9-13-18(14-16)26-15(2)3/h6-15,19H,5H2,1-4H3,(H,21,23)/t19-/m0/s1. The average Bonchev–Trinajstić information content (AvgIpc) is 2.58. The number of rotatable bonds is 8. The van der Waals surface area contributed by atoms with E-state index < -0.39 is 22.0 Å². The van der Waals surface area contributed by atoms with E-state index in [4.69, 9.17) is 4.74 Å². The highest BCUT2D eigenvalue weighted by molar-refractivity contribution is 7.92. The maximum atomic E-state index is 12.9. The van der Waals surface area contributed by atoms with Crippen LogP contribution < -0.4 is 14.4 Å². The molecule has 0 spiro atoms. The summed E-state index contributed by atoms with van der Waals surface area (Å²) in [5, 5.41) is 2.80. The van der Waals surface area contributed by atoms with Crippen molar-refractivity contribution in [2.75, 3.05) is 15.9 Å². The second-order valence-corrected chi connectivity index (χ2v) is 8.36. The number of carbonyl (C=O) groups is 1. The lowest BCUT2D eigenvalue weighted by molar-refractivity contribution is -0.117. The minimum Gasteiger partial charge on any atom is -0.491 e. The van der Waals surface area contributed by atoms with Gasteiger partial charge in [-0.3, -0.25) is 9.10 Å². The van der Waals surface area contributed by atoms with Crippen molar-refractivity contribution in [3.05, 3.63) is 54.6 Å². The van der Waals surface area contributed by atoms with Crippen LogP contribution in [-0.2, 0) is 14.8 Å². The van der Waals surface area contributed by atoms with Gasteiger partial charge in [0.15, 0.2) is 0 Å². The number of ether oxygens (including phenoxy) is 1. The van der Waals surface area contributed by atoms with Crippen LogP contribution in [0.15, 0.2) is 54.6 Å². The normalized spacial score (nSPS) is 12.5. The van der Waals surface area contributed by atoms with Crippen molar-refractivity contribution in [1.29, 1.82) is 0 Å². The number of carbonyl (C=O) groups excluding carboxylic acids is 1. The van der Waals surface area contributed by atoms with Crippen molar-refractivity contribution in [3.8, 4) is 5.75 Å². The van der Waals surface area contributed by atoms with Gasteiger partial charge in [-0.1, -0.05) is 31.2 Å². The van der Waals surface area contributed by atoms with Crippen LogP contribution in [0.2, 0.25) is 0 Å². The fraction of sp³-hybridized carbons (Fsp3) is 0.350. The Hall–Kier alpha value is -2.54. The third-order valence-electron chi connectivity index (χ3n) is 3.81. The van der Waals surface area contributed by atoms with Crippen molar-refractivity contribution in [1.82, 2.24) is 0 Å². The second-order valence-electron chi connectivity index (χ2n) is 6.50. The second kappa shape index (κ2) is 8.90. The molecule has 146 valence electrons. The number of benzene rings is 2. The Balaban J connectivity index is 2.28. The highest BCUT2D eigenvalue weighted by Crippen LogP contribution is 2.24. The number of hydrogen-bond donors (Lipinski definition) is 1. The topological polar surface area (TPSA) is 75.7 Å². The molecule has 0 fully saturated rings. The number of hydrogen-bond acceptors (Lipinski definition) is 4. The number of amides is 1. The Labute approximate surface area is 161 Å². The van der Waals surface area contributed by atoms with E-state index >= 15 is 0 Å². The van der Waals surface area contributed by atoms with Gasteiger partial charge in [0, 0.05) is 11.8 Å². The minimum absolute atomic E-state index is 0.0122. The first-order valence-corrected chi connectivity index (χ1v) is 10.7. The molecular weight excluding hydrogens is 364 g/mol. The van der Waals surface area contributed by atoms with E-state index in [1.54, 1.807) is 61.5 Å². The smallest absolute Gasteiger partial charge is 0.248 e. The molecule has 2 aromatic carbocycles. The molecule has 0 aliphatic heterocycles. The molecule has 0 saturated heterocycles. The number of nitrogens with one attached hydrogen (secondary N) is 1. The predicted octanol–water partition coefficient (Wildman–Crippen LogP) is 3.66. The Morgan fingerprint density at radius 3 is 2.33 bits per heavy atom. The Kier molecular flexibility index (Phi) is 6.85. The third kappa shape index (κ3) is 5.72. The van der Waals surface area contributed by atoms with Crippen LogP contribution in [-0.4, -0.2) is 32.7 Å². The number of sulfonamides is 1. The Morgan fingerprint density at radius 1 is 1.11 bits per heavy atom. The number of anilines is 2. The van der Waals surface area contributed by atoms with Crippen molar-refractivity contribution >= 4 is 27.3 Å². The molecule has 7 heteroatoms. The molecule has 0 saturated carbocycles. The van der Waals surface area contributed by atoms with Gasteiger partial charge in [-0.15, -0.1) is 0 Å². The summed E-state index contributed by atoms with van der Waals surface area (Å²) in [6, 6.07) is 14.8. The van der Waals surface area contributed by atoms with E-state index in [0.29, 0.717) is 23.5 Å². The molecule has 0 aliphatic rings. The summed E-state index contributed by atoms with van der Waals surface area (Å²) in [6.45, 7) is 5.62. The molecule has 0 unspecified atom stereocenters. The van der Waals surface area contributed by atoms with Crippen molar-refractivity contribution in [3.63, 3.8) is 0 Å². The fourth-order valence-corrected chi connectivity index (χ4v) is 3.99. The largest absolute Gasteiger partial charge is 0.491 e. The van der Waals surface area contributed by atoms with Crippen LogP contribution in [0.3, 0.4) is 0 Å². The SMILES string of the molecule is CC[C@@H](C(=O)Nc1cccc(OC(C)C)c1)N(c1ccccc1)S(C)(=O)=O. The van der Waals surface area contributed by atoms with Crippen LogP contribution in [0, 0.1) is 0 Å². The molecular formula is C20H26N2O4S. The first-order valence-electron chi connectivity index (χ1n) is 8.84. The summed E-state index contributed by atoms with van der Waals surface area (Å²) in [7, 11) is -3.64. The van der Waals surface area contributed by atoms with E-state index in [0.717, 1.165) is 10.6 Å². The first-order chi connectivity index (χ1) is 12.7. The van der Waals surface area contributed by atoms with Crippen LogP contribution in [0.5, 0.6) is 5.75 Å². The lowest BCUT2D eigenvalue weighted by Gasteiger charge is -2.30. The van der Waals surface area contributed by atoms with Crippen LogP contribution in [0.4, 0.5) is 11.4 Å². The summed E-state index contributed by atoms with van der Waals surface area (Å²) in [4.78, 5) is 12.9. The van der Waals surface area contributed by atoms with Gasteiger partial charge in [0.2, 0.25) is 15.9 Å². The van der Waals surface area contributed by atoms with E-state index in [-0.39, 0.29) is 6.10 Å². The Bertz CT molecular complexity index is 867. The van der Waals surface area contributed by atoms with Gasteiger partial charge < -0.3 is 10.1 Å². The van der Waals surface area contributed by atoms with Crippen molar-refractivity contribution in [2.45, 2.75) is 39.3 Å². The quantitative estimate of drug-likeness (QED) is 0.746. The molecule has 1 atom stereocenters. The lowest BCUT2D eigenvalue weighted by Crippen LogP contribution is -2.46. The van der Waals surface area contributed by atoms with Gasteiger partial charge >= 0.3 is 0 Å². The number of para-hydroxylation sites is 1. The summed E-state index contributed by atoms with van der Waals surface area (Å²) in [6.07, 6.45) is 1.45. The molecule has 2 rings (SSSR count). The summed E-state index contributed by atoms with van der Waals surface area (Å²) in [5.41, 5.74) is 1.01. The molecule has 0 aromatic heterocycles.